The first-order valence-electron chi connectivity index (χ1n) is 6.20. The lowest BCUT2D eigenvalue weighted by atomic mass is 10.1. The zero-order chi connectivity index (χ0) is 14.7. The van der Waals surface area contributed by atoms with E-state index in [0.29, 0.717) is 16.8 Å². The van der Waals surface area contributed by atoms with E-state index < -0.39 is 0 Å². The Morgan fingerprint density at radius 1 is 1.25 bits per heavy atom. The van der Waals surface area contributed by atoms with Crippen molar-refractivity contribution >= 4 is 17.3 Å². The van der Waals surface area contributed by atoms with Crippen molar-refractivity contribution in [1.82, 2.24) is 0 Å². The Kier molecular flexibility index (Phi) is 3.72. The normalized spacial score (nSPS) is 9.85. The summed E-state index contributed by atoms with van der Waals surface area (Å²) in [6.07, 6.45) is 0. The molecule has 0 saturated heterocycles. The fourth-order valence-electron chi connectivity index (χ4n) is 1.97. The molecule has 0 aliphatic carbocycles. The van der Waals surface area contributed by atoms with Gasteiger partial charge in [-0.25, -0.2) is 0 Å². The molecule has 2 aromatic rings. The molecule has 0 aliphatic rings. The van der Waals surface area contributed by atoms with Crippen LogP contribution < -0.4 is 11.1 Å². The van der Waals surface area contributed by atoms with E-state index >= 15 is 0 Å². The van der Waals surface area contributed by atoms with Crippen molar-refractivity contribution in [3.8, 4) is 6.07 Å². The van der Waals surface area contributed by atoms with Crippen molar-refractivity contribution in [2.24, 2.45) is 0 Å². The van der Waals surface area contributed by atoms with Crippen molar-refractivity contribution in [3.05, 3.63) is 58.7 Å². The average molecular weight is 265 g/mol. The number of carbonyl (C=O) groups is 1. The van der Waals surface area contributed by atoms with Gasteiger partial charge in [-0.3, -0.25) is 4.79 Å². The Morgan fingerprint density at radius 3 is 2.70 bits per heavy atom. The van der Waals surface area contributed by atoms with E-state index in [-0.39, 0.29) is 5.91 Å². The molecular formula is C16H15N3O. The molecule has 0 aliphatic heterocycles. The summed E-state index contributed by atoms with van der Waals surface area (Å²) in [7, 11) is 0. The summed E-state index contributed by atoms with van der Waals surface area (Å²) in [4.78, 5) is 12.2. The van der Waals surface area contributed by atoms with Crippen LogP contribution in [0.25, 0.3) is 0 Å². The molecule has 0 fully saturated rings. The van der Waals surface area contributed by atoms with Gasteiger partial charge in [-0.1, -0.05) is 12.1 Å². The van der Waals surface area contributed by atoms with E-state index in [9.17, 15) is 4.79 Å². The Balaban J connectivity index is 2.33. The van der Waals surface area contributed by atoms with Gasteiger partial charge in [0.2, 0.25) is 0 Å². The van der Waals surface area contributed by atoms with Crippen LogP contribution in [0.2, 0.25) is 0 Å². The molecule has 100 valence electrons. The minimum atomic E-state index is -0.251. The summed E-state index contributed by atoms with van der Waals surface area (Å²) in [5.74, 6) is -0.251. The molecule has 1 amide bonds. The number of nitrogens with two attached hydrogens (primary N) is 1. The number of nitriles is 1. The SMILES string of the molecule is Cc1ccc(N)c(C)c1NC(=O)c1cccc(C#N)c1. The summed E-state index contributed by atoms with van der Waals surface area (Å²) in [6.45, 7) is 3.78. The molecule has 0 spiro atoms. The van der Waals surface area contributed by atoms with Crippen molar-refractivity contribution in [1.29, 1.82) is 5.26 Å². The van der Waals surface area contributed by atoms with Gasteiger partial charge in [-0.05, 0) is 49.2 Å². The first kappa shape index (κ1) is 13.6. The zero-order valence-corrected chi connectivity index (χ0v) is 11.4. The second kappa shape index (κ2) is 5.45. The lowest BCUT2D eigenvalue weighted by Crippen LogP contribution is -2.14. The molecule has 4 nitrogen and oxygen atoms in total. The molecule has 0 unspecified atom stereocenters. The third-order valence-electron chi connectivity index (χ3n) is 3.21. The molecule has 0 aromatic heterocycles. The van der Waals surface area contributed by atoms with Crippen LogP contribution in [0, 0.1) is 25.2 Å². The van der Waals surface area contributed by atoms with E-state index in [1.165, 1.54) is 0 Å². The zero-order valence-electron chi connectivity index (χ0n) is 11.4. The molecule has 2 aromatic carbocycles. The maximum Gasteiger partial charge on any atom is 0.255 e. The van der Waals surface area contributed by atoms with Crippen LogP contribution in [0.3, 0.4) is 0 Å². The molecule has 4 heteroatoms. The predicted octanol–water partition coefficient (Wildman–Crippen LogP) is 3.01. The monoisotopic (exact) mass is 265 g/mol. The van der Waals surface area contributed by atoms with Crippen molar-refractivity contribution in [2.45, 2.75) is 13.8 Å². The van der Waals surface area contributed by atoms with E-state index in [0.717, 1.165) is 16.8 Å². The summed E-state index contributed by atoms with van der Waals surface area (Å²) < 4.78 is 0. The molecule has 0 radical (unpaired) electrons. The first-order chi connectivity index (χ1) is 9.52. The smallest absolute Gasteiger partial charge is 0.255 e. The summed E-state index contributed by atoms with van der Waals surface area (Å²) in [6, 6.07) is 12.3. The molecule has 0 heterocycles. The maximum atomic E-state index is 12.2. The maximum absolute atomic E-state index is 12.2. The molecule has 20 heavy (non-hydrogen) atoms. The number of rotatable bonds is 2. The van der Waals surface area contributed by atoms with Gasteiger partial charge in [0.1, 0.15) is 0 Å². The summed E-state index contributed by atoms with van der Waals surface area (Å²) in [5.41, 5.74) is 9.91. The van der Waals surface area contributed by atoms with Gasteiger partial charge in [0.25, 0.3) is 5.91 Å². The van der Waals surface area contributed by atoms with Gasteiger partial charge in [-0.15, -0.1) is 0 Å². The highest BCUT2D eigenvalue weighted by atomic mass is 16.1. The predicted molar refractivity (Wildman–Crippen MR) is 79.4 cm³/mol. The lowest BCUT2D eigenvalue weighted by Gasteiger charge is -2.13. The van der Waals surface area contributed by atoms with Gasteiger partial charge in [0, 0.05) is 16.9 Å². The number of hydrogen-bond acceptors (Lipinski definition) is 3. The molecule has 0 atom stereocenters. The summed E-state index contributed by atoms with van der Waals surface area (Å²) >= 11 is 0. The third kappa shape index (κ3) is 2.62. The highest BCUT2D eigenvalue weighted by Gasteiger charge is 2.11. The van der Waals surface area contributed by atoms with Crippen molar-refractivity contribution in [2.75, 3.05) is 11.1 Å². The van der Waals surface area contributed by atoms with Crippen LogP contribution in [0.15, 0.2) is 36.4 Å². The molecular weight excluding hydrogens is 250 g/mol. The van der Waals surface area contributed by atoms with Crippen molar-refractivity contribution < 1.29 is 4.79 Å². The topological polar surface area (TPSA) is 78.9 Å². The van der Waals surface area contributed by atoms with E-state index in [2.05, 4.69) is 5.32 Å². The second-order valence-electron chi connectivity index (χ2n) is 4.62. The highest BCUT2D eigenvalue weighted by Crippen LogP contribution is 2.25. The number of carbonyl (C=O) groups excluding carboxylic acids is 1. The molecule has 0 saturated carbocycles. The lowest BCUT2D eigenvalue weighted by molar-refractivity contribution is 0.102. The van der Waals surface area contributed by atoms with Crippen LogP contribution in [-0.4, -0.2) is 5.91 Å². The van der Waals surface area contributed by atoms with Gasteiger partial charge in [-0.2, -0.15) is 5.26 Å². The van der Waals surface area contributed by atoms with Gasteiger partial charge >= 0.3 is 0 Å². The third-order valence-corrected chi connectivity index (χ3v) is 3.21. The van der Waals surface area contributed by atoms with Crippen LogP contribution in [-0.2, 0) is 0 Å². The minimum Gasteiger partial charge on any atom is -0.398 e. The van der Waals surface area contributed by atoms with Crippen LogP contribution in [0.5, 0.6) is 0 Å². The first-order valence-corrected chi connectivity index (χ1v) is 6.20. The Morgan fingerprint density at radius 2 is 2.00 bits per heavy atom. The van der Waals surface area contributed by atoms with E-state index in [1.54, 1.807) is 24.3 Å². The second-order valence-corrected chi connectivity index (χ2v) is 4.62. The molecule has 0 bridgehead atoms. The number of amides is 1. The fourth-order valence-corrected chi connectivity index (χ4v) is 1.97. The van der Waals surface area contributed by atoms with E-state index in [4.69, 9.17) is 11.0 Å². The standard InChI is InChI=1S/C16H15N3O/c1-10-6-7-14(18)11(2)15(10)19-16(20)13-5-3-4-12(8-13)9-17/h3-8H,18H2,1-2H3,(H,19,20). The van der Waals surface area contributed by atoms with Gasteiger partial charge < -0.3 is 11.1 Å². The largest absolute Gasteiger partial charge is 0.398 e. The minimum absolute atomic E-state index is 0.251. The molecule has 3 N–H and O–H groups in total. The number of nitrogen functional groups attached to an aromatic ring is 1. The van der Waals surface area contributed by atoms with Crippen LogP contribution in [0.4, 0.5) is 11.4 Å². The average Bonchev–Trinajstić information content (AvgIpc) is 2.47. The fraction of sp³-hybridized carbons (Fsp3) is 0.125. The number of anilines is 2. The number of nitrogens with one attached hydrogen (secondary N) is 1. The van der Waals surface area contributed by atoms with Gasteiger partial charge in [0.05, 0.1) is 11.6 Å². The number of hydrogen-bond donors (Lipinski definition) is 2. The summed E-state index contributed by atoms with van der Waals surface area (Å²) in [5, 5.41) is 11.7. The quantitative estimate of drug-likeness (QED) is 0.819. The Bertz CT molecular complexity index is 714. The van der Waals surface area contributed by atoms with Crippen molar-refractivity contribution in [3.63, 3.8) is 0 Å². The van der Waals surface area contributed by atoms with Crippen LogP contribution >= 0.6 is 0 Å². The molecule has 2 rings (SSSR count). The number of aryl methyl sites for hydroxylation is 1. The Labute approximate surface area is 117 Å². The number of benzene rings is 2. The van der Waals surface area contributed by atoms with Gasteiger partial charge in [0.15, 0.2) is 0 Å². The highest BCUT2D eigenvalue weighted by molar-refractivity contribution is 6.05. The number of nitrogens with zero attached hydrogens (tertiary/aromatic N) is 1. The Hall–Kier alpha value is -2.80. The van der Waals surface area contributed by atoms with Crippen LogP contribution in [0.1, 0.15) is 27.0 Å². The van der Waals surface area contributed by atoms with E-state index in [1.807, 2.05) is 32.0 Å².